The lowest BCUT2D eigenvalue weighted by molar-refractivity contribution is -0.123. The van der Waals surface area contributed by atoms with Gasteiger partial charge in [-0.05, 0) is 49.5 Å². The molecule has 0 aromatic heterocycles. The molecule has 1 fully saturated rings. The van der Waals surface area contributed by atoms with Crippen LogP contribution in [0.3, 0.4) is 0 Å². The molecule has 2 nitrogen and oxygen atoms in total. The van der Waals surface area contributed by atoms with Crippen LogP contribution in [0.2, 0.25) is 5.02 Å². The predicted octanol–water partition coefficient (Wildman–Crippen LogP) is 4.77. The molecule has 0 N–H and O–H groups in total. The summed E-state index contributed by atoms with van der Waals surface area (Å²) in [7, 11) is 0. The first kappa shape index (κ1) is 17.5. The highest BCUT2D eigenvalue weighted by Crippen LogP contribution is 2.26. The van der Waals surface area contributed by atoms with E-state index >= 15 is 0 Å². The van der Waals surface area contributed by atoms with E-state index in [1.165, 1.54) is 19.3 Å². The Kier molecular flexibility index (Phi) is 6.46. The molecule has 0 aliphatic carbocycles. The summed E-state index contributed by atoms with van der Waals surface area (Å²) in [5.74, 6) is 1.23. The molecule has 1 aromatic rings. The zero-order valence-corrected chi connectivity index (χ0v) is 14.8. The van der Waals surface area contributed by atoms with Crippen molar-refractivity contribution in [3.05, 3.63) is 34.9 Å². The van der Waals surface area contributed by atoms with Gasteiger partial charge in [0, 0.05) is 17.5 Å². The largest absolute Gasteiger partial charge is 0.302 e. The molecule has 122 valence electrons. The molecule has 0 saturated carbocycles. The third-order valence-corrected chi connectivity index (χ3v) is 5.16. The van der Waals surface area contributed by atoms with Crippen LogP contribution in [0.5, 0.6) is 0 Å². The van der Waals surface area contributed by atoms with Gasteiger partial charge in [-0.25, -0.2) is 0 Å². The van der Waals surface area contributed by atoms with Crippen LogP contribution in [-0.4, -0.2) is 30.3 Å². The van der Waals surface area contributed by atoms with E-state index in [0.29, 0.717) is 5.78 Å². The highest BCUT2D eigenvalue weighted by molar-refractivity contribution is 6.30. The number of likely N-dealkylation sites (tertiary alicyclic amines) is 1. The smallest absolute Gasteiger partial charge is 0.144 e. The van der Waals surface area contributed by atoms with Gasteiger partial charge in [-0.15, -0.1) is 0 Å². The molecule has 1 saturated heterocycles. The van der Waals surface area contributed by atoms with Crippen molar-refractivity contribution in [2.45, 2.75) is 46.0 Å². The number of piperidine rings is 1. The van der Waals surface area contributed by atoms with E-state index in [9.17, 15) is 4.79 Å². The summed E-state index contributed by atoms with van der Waals surface area (Å²) in [5, 5.41) is 0.725. The van der Waals surface area contributed by atoms with Crippen molar-refractivity contribution < 1.29 is 4.79 Å². The molecule has 2 rings (SSSR count). The third-order valence-electron chi connectivity index (χ3n) is 4.91. The summed E-state index contributed by atoms with van der Waals surface area (Å²) in [4.78, 5) is 15.1. The molecule has 1 aliphatic heterocycles. The lowest BCUT2D eigenvalue weighted by atomic mass is 9.87. The monoisotopic (exact) mass is 321 g/mol. The molecule has 1 aromatic carbocycles. The van der Waals surface area contributed by atoms with Crippen LogP contribution in [0.15, 0.2) is 24.3 Å². The van der Waals surface area contributed by atoms with Crippen LogP contribution in [0, 0.1) is 11.8 Å². The van der Waals surface area contributed by atoms with Gasteiger partial charge in [-0.2, -0.15) is 0 Å². The lowest BCUT2D eigenvalue weighted by Gasteiger charge is -2.34. The Morgan fingerprint density at radius 3 is 2.32 bits per heavy atom. The van der Waals surface area contributed by atoms with E-state index in [2.05, 4.69) is 11.8 Å². The highest BCUT2D eigenvalue weighted by atomic mass is 35.5. The number of halogens is 1. The number of ketones is 1. The third kappa shape index (κ3) is 4.57. The van der Waals surface area contributed by atoms with Gasteiger partial charge < -0.3 is 4.90 Å². The number of hydrogen-bond donors (Lipinski definition) is 0. The van der Waals surface area contributed by atoms with Gasteiger partial charge >= 0.3 is 0 Å². The van der Waals surface area contributed by atoms with Gasteiger partial charge in [0.15, 0.2) is 0 Å². The summed E-state index contributed by atoms with van der Waals surface area (Å²) < 4.78 is 0. The maximum Gasteiger partial charge on any atom is 0.144 e. The Hall–Kier alpha value is -0.860. The Balaban J connectivity index is 2.08. The molecular weight excluding hydrogens is 294 g/mol. The van der Waals surface area contributed by atoms with Crippen molar-refractivity contribution in [3.63, 3.8) is 0 Å². The molecule has 22 heavy (non-hydrogen) atoms. The first-order chi connectivity index (χ1) is 10.5. The van der Waals surface area contributed by atoms with Gasteiger partial charge in [-0.3, -0.25) is 4.79 Å². The summed E-state index contributed by atoms with van der Waals surface area (Å²) >= 11 is 5.99. The van der Waals surface area contributed by atoms with Crippen molar-refractivity contribution in [2.75, 3.05) is 19.6 Å². The number of carbonyl (C=O) groups is 1. The van der Waals surface area contributed by atoms with E-state index in [4.69, 9.17) is 11.6 Å². The van der Waals surface area contributed by atoms with E-state index in [1.54, 1.807) is 0 Å². The summed E-state index contributed by atoms with van der Waals surface area (Å²) in [6.07, 6.45) is 3.80. The minimum Gasteiger partial charge on any atom is -0.302 e. The average Bonchev–Trinajstić information content (AvgIpc) is 2.53. The zero-order chi connectivity index (χ0) is 16.1. The summed E-state index contributed by atoms with van der Waals surface area (Å²) in [6, 6.07) is 7.79. The number of rotatable bonds is 6. The second-order valence-electron chi connectivity index (χ2n) is 6.81. The number of Topliss-reactive ketones (excluding diaryl/α,β-unsaturated/α-hetero) is 1. The topological polar surface area (TPSA) is 20.3 Å². The Labute approximate surface area is 139 Å². The fraction of sp³-hybridized carbons (Fsp3) is 0.632. The highest BCUT2D eigenvalue weighted by Gasteiger charge is 2.27. The molecule has 3 heteroatoms. The molecule has 1 aliphatic rings. The summed E-state index contributed by atoms with van der Waals surface area (Å²) in [5.41, 5.74) is 1.10. The Morgan fingerprint density at radius 1 is 1.23 bits per heavy atom. The van der Waals surface area contributed by atoms with Crippen molar-refractivity contribution in [2.24, 2.45) is 11.8 Å². The number of benzene rings is 1. The normalized spacial score (nSPS) is 18.6. The molecule has 1 atom stereocenters. The van der Waals surface area contributed by atoms with Crippen LogP contribution < -0.4 is 0 Å². The van der Waals surface area contributed by atoms with Gasteiger partial charge in [0.25, 0.3) is 0 Å². The number of carbonyl (C=O) groups excluding carboxylic acids is 1. The minimum absolute atomic E-state index is 0.0320. The van der Waals surface area contributed by atoms with Gasteiger partial charge in [-0.1, -0.05) is 50.9 Å². The molecule has 0 spiro atoms. The first-order valence-corrected chi connectivity index (χ1v) is 8.90. The second kappa shape index (κ2) is 8.12. The SMILES string of the molecule is CCC1CCN(C[C@H](C(=O)C(C)C)c2ccc(Cl)cc2)CC1. The van der Waals surface area contributed by atoms with Crippen LogP contribution in [-0.2, 0) is 4.79 Å². The van der Waals surface area contributed by atoms with Crippen molar-refractivity contribution in [3.8, 4) is 0 Å². The van der Waals surface area contributed by atoms with Crippen LogP contribution in [0.4, 0.5) is 0 Å². The van der Waals surface area contributed by atoms with Gasteiger partial charge in [0.2, 0.25) is 0 Å². The maximum atomic E-state index is 12.7. The average molecular weight is 322 g/mol. The molecule has 0 amide bonds. The molecule has 0 unspecified atom stereocenters. The fourth-order valence-electron chi connectivity index (χ4n) is 3.29. The zero-order valence-electron chi connectivity index (χ0n) is 14.0. The molecule has 1 heterocycles. The number of nitrogens with zero attached hydrogens (tertiary/aromatic N) is 1. The standard InChI is InChI=1S/C19H28ClNO/c1-4-15-9-11-21(12-10-15)13-18(19(22)14(2)3)16-5-7-17(20)8-6-16/h5-8,14-15,18H,4,9-13H2,1-3H3/t18-/m0/s1. The van der Waals surface area contributed by atoms with Crippen molar-refractivity contribution in [1.29, 1.82) is 0 Å². The number of hydrogen-bond acceptors (Lipinski definition) is 2. The quantitative estimate of drug-likeness (QED) is 0.752. The van der Waals surface area contributed by atoms with Crippen LogP contribution in [0.1, 0.15) is 51.5 Å². The van der Waals surface area contributed by atoms with E-state index in [1.807, 2.05) is 38.1 Å². The van der Waals surface area contributed by atoms with Gasteiger partial charge in [0.1, 0.15) is 5.78 Å². The Morgan fingerprint density at radius 2 is 1.82 bits per heavy atom. The van der Waals surface area contributed by atoms with E-state index in [0.717, 1.165) is 36.1 Å². The van der Waals surface area contributed by atoms with E-state index < -0.39 is 0 Å². The first-order valence-electron chi connectivity index (χ1n) is 8.52. The van der Waals surface area contributed by atoms with Crippen molar-refractivity contribution >= 4 is 17.4 Å². The van der Waals surface area contributed by atoms with Gasteiger partial charge in [0.05, 0.1) is 5.92 Å². The lowest BCUT2D eigenvalue weighted by Crippen LogP contribution is -2.39. The minimum atomic E-state index is -0.0320. The predicted molar refractivity (Wildman–Crippen MR) is 93.5 cm³/mol. The second-order valence-corrected chi connectivity index (χ2v) is 7.25. The molecular formula is C19H28ClNO. The van der Waals surface area contributed by atoms with Crippen LogP contribution in [0.25, 0.3) is 0 Å². The van der Waals surface area contributed by atoms with E-state index in [-0.39, 0.29) is 11.8 Å². The van der Waals surface area contributed by atoms with Crippen LogP contribution >= 0.6 is 11.6 Å². The van der Waals surface area contributed by atoms with Crippen molar-refractivity contribution in [1.82, 2.24) is 4.90 Å². The maximum absolute atomic E-state index is 12.7. The fourth-order valence-corrected chi connectivity index (χ4v) is 3.42. The molecule has 0 radical (unpaired) electrons. The summed E-state index contributed by atoms with van der Waals surface area (Å²) in [6.45, 7) is 9.35. The Bertz CT molecular complexity index is 475. The molecule has 0 bridgehead atoms.